The van der Waals surface area contributed by atoms with E-state index in [4.69, 9.17) is 39.5 Å². The third-order valence-corrected chi connectivity index (χ3v) is 25.4. The van der Waals surface area contributed by atoms with Crippen molar-refractivity contribution in [2.45, 2.75) is 298 Å². The second-order valence-electron chi connectivity index (χ2n) is 36.7. The fraction of sp³-hybridized carbons (Fsp3) is 0.645. The Labute approximate surface area is 824 Å². The molecule has 6 rings (SSSR count). The number of nitrogens with one attached hydrogen (secondary N) is 16. The third-order valence-electron chi connectivity index (χ3n) is 24.7. The highest BCUT2D eigenvalue weighted by molar-refractivity contribution is 7.98. The topological polar surface area (TPSA) is 744 Å². The molecule has 4 saturated heterocycles. The number of carboxylic acid groups (broad SMARTS) is 2. The zero-order valence-electron chi connectivity index (χ0n) is 81.3. The van der Waals surface area contributed by atoms with Gasteiger partial charge in [0.2, 0.25) is 100 Å². The lowest BCUT2D eigenvalue weighted by atomic mass is 10.00. The first kappa shape index (κ1) is 117. The zero-order chi connectivity index (χ0) is 104. The van der Waals surface area contributed by atoms with Crippen LogP contribution in [-0.4, -0.2) is 327 Å². The number of benzene rings is 2. The van der Waals surface area contributed by atoms with Crippen LogP contribution in [0, 0.1) is 22.7 Å². The van der Waals surface area contributed by atoms with E-state index in [0.717, 1.165) is 4.90 Å². The summed E-state index contributed by atoms with van der Waals surface area (Å²) in [6.07, 6.45) is 2.78. The maximum atomic E-state index is 15.1. The smallest absolute Gasteiger partial charge is 0.305 e. The number of hydrogen-bond acceptors (Lipinski definition) is 25. The Kier molecular flexibility index (Phi) is 50.0. The maximum absolute atomic E-state index is 15.1. The van der Waals surface area contributed by atoms with Crippen LogP contribution in [0.3, 0.4) is 0 Å². The third kappa shape index (κ3) is 38.9. The van der Waals surface area contributed by atoms with Gasteiger partial charge in [-0.15, -0.1) is 0 Å². The number of carboxylic acids is 2. The van der Waals surface area contributed by atoms with E-state index in [2.05, 4.69) is 74.4 Å². The van der Waals surface area contributed by atoms with Crippen molar-refractivity contribution >= 4 is 136 Å². The number of rotatable bonds is 61. The Balaban J connectivity index is 1.20. The molecule has 4 fully saturated rings. The number of nitrogens with two attached hydrogens (primary N) is 5. The minimum absolute atomic E-state index is 0.00199. The van der Waals surface area contributed by atoms with Gasteiger partial charge in [-0.05, 0) is 189 Å². The quantitative estimate of drug-likeness (QED) is 0.0169. The molecule has 16 atom stereocenters. The van der Waals surface area contributed by atoms with E-state index in [1.54, 1.807) is 94.6 Å². The number of aliphatic hydroxyl groups excluding tert-OH is 1. The van der Waals surface area contributed by atoms with E-state index < -0.39 is 229 Å². The summed E-state index contributed by atoms with van der Waals surface area (Å²) >= 11 is 1.40. The van der Waals surface area contributed by atoms with Gasteiger partial charge in [0, 0.05) is 65.5 Å². The minimum Gasteiger partial charge on any atom is -0.481 e. The van der Waals surface area contributed by atoms with Crippen molar-refractivity contribution in [2.75, 3.05) is 71.0 Å². The standard InChI is InChI=1S/C93H147N25O22S/c1-53(2)47-64(109-78(127)61(30-18-41-102-93(99)100)105-80(129)62(37-46-141-6)107-86(135)70-31-19-42-115(70)55(5)120)81(130)106-60(29-17-40-101-92(97)98)77(126)104-59(27-13-15-38-94)79(128)113-68(48-54(3)4)90(139)116-43-20-32-71(116)88(137)112-67(51-75(123)124)84(133)114-69(52-119)85(134)111-66(50-57-25-11-8-12-26-57)83(132)110-65(49-56-23-9-7-10-24-56)82(131)108-63(28-14-16-39-95)89(138)118-45-22-34-73(118)91(140)117-44-21-33-72(117)87(136)103-58(76(96)125)35-36-74(121)122/h7-12,23-26,53-54,58-73,119H,13-22,27-52,94-95H2,1-6H3,(H2,96,125)(H,103,136)(H,104,126)(H,105,129)(H,106,130)(H,107,135)(H,108,131)(H,109,127)(H,110,132)(H,111,134)(H,112,137)(H,113,128)(H,114,133)(H,121,122)(H,123,124)(H4,97,98,101)(H4,99,100,102)/t58-,59-,60-,61-,62-,63-,64-,65-,66-,67-,68-,69-,70-,71-,72-,73-/m0/s1. The molecule has 0 bridgehead atoms. The predicted octanol–water partition coefficient (Wildman–Crippen LogP) is -4.28. The number of guanidine groups is 2. The summed E-state index contributed by atoms with van der Waals surface area (Å²) in [4.78, 5) is 274. The van der Waals surface area contributed by atoms with Crippen LogP contribution in [0.4, 0.5) is 0 Å². The zero-order valence-corrected chi connectivity index (χ0v) is 82.1. The first-order valence-corrected chi connectivity index (χ1v) is 49.8. The SMILES string of the molecule is CSCC[C@H](NC(=O)[C@@H]1CCCN1C(C)=O)C(=O)N[C@@H](CCCNC(=N)N)C(=O)N[C@@H](CC(C)C)C(=O)N[C@@H](CCCNC(=N)N)C(=O)N[C@@H](CCCCN)C(=O)N[C@@H](CC(C)C)C(=O)N1CCC[C@H]1C(=O)N[C@@H](CC(=O)O)C(=O)N[C@@H](CO)C(=O)N[C@@H](Cc1ccccc1)C(=O)N[C@@H](Cc1ccccc1)C(=O)N[C@@H](CCCCN)C(=O)N1CCC[C@H]1C(=O)N1CCC[C@H]1C(=O)N[C@@H](CCC(=O)O)C(N)=O. The summed E-state index contributed by atoms with van der Waals surface area (Å²) < 4.78 is 0. The molecule has 2 aromatic rings. The highest BCUT2D eigenvalue weighted by Gasteiger charge is 2.47. The van der Waals surface area contributed by atoms with Crippen LogP contribution >= 0.6 is 11.8 Å². The van der Waals surface area contributed by atoms with Gasteiger partial charge in [0.1, 0.15) is 96.7 Å². The second kappa shape index (κ2) is 60.3. The number of carbonyl (C=O) groups excluding carboxylic acids is 17. The van der Waals surface area contributed by atoms with E-state index in [1.807, 2.05) is 0 Å². The van der Waals surface area contributed by atoms with Crippen LogP contribution in [-0.2, 0) is 104 Å². The lowest BCUT2D eigenvalue weighted by molar-refractivity contribution is -0.148. The first-order chi connectivity index (χ1) is 67.1. The number of unbranched alkanes of at least 4 members (excludes halogenated alkanes) is 2. The maximum Gasteiger partial charge on any atom is 0.305 e. The number of aliphatic hydroxyl groups is 1. The fourth-order valence-corrected chi connectivity index (χ4v) is 17.9. The molecule has 4 aliphatic rings. The molecule has 48 heteroatoms. The van der Waals surface area contributed by atoms with E-state index in [9.17, 15) is 92.0 Å². The first-order valence-electron chi connectivity index (χ1n) is 48.4. The molecule has 0 aromatic heterocycles. The molecule has 0 saturated carbocycles. The summed E-state index contributed by atoms with van der Waals surface area (Å²) in [5.74, 6) is -18.1. The van der Waals surface area contributed by atoms with Gasteiger partial charge in [-0.1, -0.05) is 88.4 Å². The number of carbonyl (C=O) groups is 19. The molecule has 47 nitrogen and oxygen atoms in total. The van der Waals surface area contributed by atoms with Crippen molar-refractivity contribution in [3.63, 3.8) is 0 Å². The molecule has 4 aliphatic heterocycles. The number of amides is 17. The summed E-state index contributed by atoms with van der Waals surface area (Å²) in [7, 11) is 0. The number of hydrogen-bond donors (Lipinski definition) is 24. The van der Waals surface area contributed by atoms with Crippen molar-refractivity contribution < 1.29 is 106 Å². The predicted molar refractivity (Wildman–Crippen MR) is 519 cm³/mol. The largest absolute Gasteiger partial charge is 0.481 e. The average molecular weight is 2000 g/mol. The Morgan fingerprint density at radius 1 is 0.390 bits per heavy atom. The van der Waals surface area contributed by atoms with Gasteiger partial charge in [0.05, 0.1) is 13.0 Å². The summed E-state index contributed by atoms with van der Waals surface area (Å²) in [6.45, 7) is 8.08. The molecule has 0 radical (unpaired) electrons. The lowest BCUT2D eigenvalue weighted by Crippen LogP contribution is -2.61. The van der Waals surface area contributed by atoms with Gasteiger partial charge in [-0.2, -0.15) is 11.8 Å². The van der Waals surface area contributed by atoms with E-state index in [1.165, 1.54) is 33.4 Å². The monoisotopic (exact) mass is 2000 g/mol. The Hall–Kier alpha value is -12.9. The van der Waals surface area contributed by atoms with Gasteiger partial charge in [0.15, 0.2) is 11.9 Å². The van der Waals surface area contributed by atoms with Crippen molar-refractivity contribution in [1.29, 1.82) is 10.8 Å². The van der Waals surface area contributed by atoms with E-state index in [0.29, 0.717) is 68.4 Å². The van der Waals surface area contributed by atoms with Crippen molar-refractivity contribution in [1.82, 2.24) is 94.0 Å². The molecular formula is C93H147N25O22S. The molecule has 29 N–H and O–H groups in total. The van der Waals surface area contributed by atoms with E-state index in [-0.39, 0.29) is 179 Å². The van der Waals surface area contributed by atoms with Crippen molar-refractivity contribution in [2.24, 2.45) is 40.5 Å². The second-order valence-corrected chi connectivity index (χ2v) is 37.7. The summed E-state index contributed by atoms with van der Waals surface area (Å²) in [5.41, 5.74) is 29.5. The molecule has 4 heterocycles. The molecule has 0 unspecified atom stereocenters. The van der Waals surface area contributed by atoms with Gasteiger partial charge < -0.3 is 138 Å². The highest BCUT2D eigenvalue weighted by Crippen LogP contribution is 2.29. The van der Waals surface area contributed by atoms with Gasteiger partial charge in [-0.25, -0.2) is 0 Å². The van der Waals surface area contributed by atoms with Crippen LogP contribution in [0.2, 0.25) is 0 Å². The van der Waals surface area contributed by atoms with Crippen molar-refractivity contribution in [3.05, 3.63) is 71.8 Å². The fourth-order valence-electron chi connectivity index (χ4n) is 17.4. The molecule has 141 heavy (non-hydrogen) atoms. The Bertz CT molecular complexity index is 4600. The number of thioether (sulfide) groups is 1. The van der Waals surface area contributed by atoms with Crippen LogP contribution in [0.1, 0.15) is 200 Å². The normalized spacial score (nSPS) is 18.1. The molecule has 0 spiro atoms. The summed E-state index contributed by atoms with van der Waals surface area (Å²) in [5, 5.41) is 82.9. The molecular weight excluding hydrogens is 1850 g/mol. The Morgan fingerprint density at radius 3 is 1.16 bits per heavy atom. The molecule has 2 aromatic carbocycles. The highest BCUT2D eigenvalue weighted by atomic mass is 32.2. The lowest BCUT2D eigenvalue weighted by Gasteiger charge is -2.33. The van der Waals surface area contributed by atoms with Gasteiger partial charge >= 0.3 is 11.9 Å². The number of aliphatic carboxylic acids is 2. The van der Waals surface area contributed by atoms with Crippen LogP contribution < -0.4 is 103 Å². The molecule has 782 valence electrons. The minimum atomic E-state index is -2.02. The molecule has 0 aliphatic carbocycles. The number of likely N-dealkylation sites (tertiary alicyclic amines) is 4. The van der Waals surface area contributed by atoms with Crippen LogP contribution in [0.5, 0.6) is 0 Å². The van der Waals surface area contributed by atoms with Crippen molar-refractivity contribution in [3.8, 4) is 0 Å². The van der Waals surface area contributed by atoms with Crippen LogP contribution in [0.25, 0.3) is 0 Å². The van der Waals surface area contributed by atoms with Crippen LogP contribution in [0.15, 0.2) is 60.7 Å². The average Bonchev–Trinajstić information content (AvgIpc) is 1.66. The van der Waals surface area contributed by atoms with E-state index >= 15 is 14.4 Å². The number of primary amides is 1. The van der Waals surface area contributed by atoms with Gasteiger partial charge in [0.25, 0.3) is 0 Å². The van der Waals surface area contributed by atoms with Gasteiger partial charge in [-0.3, -0.25) is 102 Å². The number of nitrogens with zero attached hydrogens (tertiary/aromatic N) is 4. The Morgan fingerprint density at radius 2 is 0.730 bits per heavy atom. The summed E-state index contributed by atoms with van der Waals surface area (Å²) in [6, 6.07) is -5.95. The molecule has 17 amide bonds.